The summed E-state index contributed by atoms with van der Waals surface area (Å²) >= 11 is 0. The van der Waals surface area contributed by atoms with E-state index in [2.05, 4.69) is 72.8 Å². The van der Waals surface area contributed by atoms with Crippen molar-refractivity contribution in [3.63, 3.8) is 0 Å². The molecule has 6 atom stereocenters. The molecule has 6 saturated carbocycles. The fraction of sp³-hybridized carbons (Fsp3) is 0.459. The Labute approximate surface area is 384 Å². The number of alkyl halides is 1. The van der Waals surface area contributed by atoms with Gasteiger partial charge in [-0.25, -0.2) is 19.3 Å². The van der Waals surface area contributed by atoms with Gasteiger partial charge in [-0.3, -0.25) is 0 Å². The number of nitrogens with zero attached hydrogens (tertiary/aromatic N) is 3. The van der Waals surface area contributed by atoms with E-state index in [0.29, 0.717) is 52.6 Å². The molecule has 0 amide bonds. The van der Waals surface area contributed by atoms with Gasteiger partial charge in [0.2, 0.25) is 5.67 Å². The first-order valence-electron chi connectivity index (χ1n) is 26.0. The highest BCUT2D eigenvalue weighted by Gasteiger charge is 2.46. The Hall–Kier alpha value is -4.96. The fourth-order valence-corrected chi connectivity index (χ4v) is 17.2. The van der Waals surface area contributed by atoms with Crippen LogP contribution in [0.4, 0.5) is 4.39 Å². The van der Waals surface area contributed by atoms with Crippen LogP contribution in [0.1, 0.15) is 182 Å². The van der Waals surface area contributed by atoms with Crippen LogP contribution in [0.5, 0.6) is 0 Å². The van der Waals surface area contributed by atoms with E-state index >= 15 is 4.39 Å². The first-order chi connectivity index (χ1) is 31.9. The van der Waals surface area contributed by atoms with Gasteiger partial charge in [-0.05, 0) is 255 Å². The van der Waals surface area contributed by atoms with Gasteiger partial charge in [0.05, 0.1) is 34.2 Å². The van der Waals surface area contributed by atoms with Crippen molar-refractivity contribution in [1.29, 1.82) is 0 Å². The minimum absolute atomic E-state index is 0.337. The topological polar surface area (TPSA) is 38.7 Å². The lowest BCUT2D eigenvalue weighted by molar-refractivity contribution is 0.165. The molecule has 6 unspecified atom stereocenters. The van der Waals surface area contributed by atoms with Gasteiger partial charge < -0.3 is 0 Å². The molecule has 0 saturated heterocycles. The molecule has 12 aliphatic rings. The zero-order valence-electron chi connectivity index (χ0n) is 37.6. The van der Waals surface area contributed by atoms with Gasteiger partial charge in [-0.15, -0.1) is 0 Å². The molecule has 65 heavy (non-hydrogen) atoms. The quantitative estimate of drug-likeness (QED) is 0.168. The van der Waals surface area contributed by atoms with Crippen LogP contribution in [-0.2, 0) is 5.67 Å². The molecule has 0 aliphatic heterocycles. The molecule has 4 heteroatoms. The Morgan fingerprint density at radius 3 is 0.846 bits per heavy atom. The maximum absolute atomic E-state index is 19.5. The number of halogens is 1. The Morgan fingerprint density at radius 1 is 0.308 bits per heavy atom. The highest BCUT2D eigenvalue weighted by Crippen LogP contribution is 2.59. The molecule has 3 nitrogen and oxygen atoms in total. The number of pyridine rings is 3. The minimum Gasteiger partial charge on any atom is -0.249 e. The Bertz CT molecular complexity index is 2560. The van der Waals surface area contributed by atoms with Crippen LogP contribution in [0, 0.1) is 35.5 Å². The molecule has 3 heterocycles. The monoisotopic (exact) mass is 853 g/mol. The van der Waals surface area contributed by atoms with Gasteiger partial charge in [0.15, 0.2) is 0 Å². The summed E-state index contributed by atoms with van der Waals surface area (Å²) in [5.74, 6) is 9.08. The van der Waals surface area contributed by atoms with Gasteiger partial charge in [-0.2, -0.15) is 0 Å². The van der Waals surface area contributed by atoms with E-state index in [1.165, 1.54) is 113 Å². The third-order valence-corrected chi connectivity index (χ3v) is 19.5. The molecule has 3 aromatic heterocycles. The Morgan fingerprint density at radius 2 is 0.569 bits per heavy atom. The van der Waals surface area contributed by atoms with Gasteiger partial charge in [-0.1, -0.05) is 54.6 Å². The Kier molecular flexibility index (Phi) is 8.38. The summed E-state index contributed by atoms with van der Waals surface area (Å²) in [6.45, 7) is 0. The molecule has 0 N–H and O–H groups in total. The van der Waals surface area contributed by atoms with E-state index in [1.54, 1.807) is 16.7 Å². The normalized spacial score (nSPS) is 33.7. The lowest BCUT2D eigenvalue weighted by Gasteiger charge is -2.38. The molecule has 18 rings (SSSR count). The zero-order chi connectivity index (χ0) is 42.5. The van der Waals surface area contributed by atoms with Crippen LogP contribution in [0.25, 0.3) is 33.8 Å². The first kappa shape index (κ1) is 38.2. The molecular formula is C61H60FN3. The van der Waals surface area contributed by atoms with Crippen molar-refractivity contribution in [3.05, 3.63) is 160 Å². The molecule has 6 aromatic rings. The molecule has 12 bridgehead atoms. The average molecular weight is 854 g/mol. The maximum Gasteiger partial charge on any atom is 0.236 e. The van der Waals surface area contributed by atoms with Gasteiger partial charge in [0, 0.05) is 16.7 Å². The summed E-state index contributed by atoms with van der Waals surface area (Å²) in [5.41, 5.74) is 13.8. The van der Waals surface area contributed by atoms with E-state index in [4.69, 9.17) is 15.0 Å². The number of benzene rings is 3. The number of rotatable bonds is 6. The minimum atomic E-state index is -2.21. The van der Waals surface area contributed by atoms with Gasteiger partial charge in [0.25, 0.3) is 0 Å². The Balaban J connectivity index is 0.852. The molecule has 3 aromatic carbocycles. The molecule has 0 spiro atoms. The van der Waals surface area contributed by atoms with Crippen molar-refractivity contribution in [1.82, 2.24) is 15.0 Å². The van der Waals surface area contributed by atoms with Crippen LogP contribution in [0.15, 0.2) is 109 Å². The van der Waals surface area contributed by atoms with Crippen LogP contribution in [0.2, 0.25) is 0 Å². The lowest BCUT2D eigenvalue weighted by Crippen LogP contribution is -2.28. The number of aromatic nitrogens is 3. The molecule has 326 valence electrons. The zero-order valence-corrected chi connectivity index (χ0v) is 37.6. The lowest BCUT2D eigenvalue weighted by atomic mass is 9.67. The smallest absolute Gasteiger partial charge is 0.236 e. The summed E-state index contributed by atoms with van der Waals surface area (Å²) in [5, 5.41) is 0. The largest absolute Gasteiger partial charge is 0.249 e. The van der Waals surface area contributed by atoms with Crippen molar-refractivity contribution in [2.75, 3.05) is 0 Å². The second-order valence-corrected chi connectivity index (χ2v) is 23.3. The van der Waals surface area contributed by atoms with Crippen LogP contribution < -0.4 is 0 Å². The molecule has 6 fully saturated rings. The second-order valence-electron chi connectivity index (χ2n) is 23.3. The summed E-state index contributed by atoms with van der Waals surface area (Å²) in [6.07, 6.45) is 20.2. The van der Waals surface area contributed by atoms with Crippen molar-refractivity contribution < 1.29 is 4.39 Å². The van der Waals surface area contributed by atoms with E-state index < -0.39 is 5.67 Å². The molecule has 12 aliphatic carbocycles. The van der Waals surface area contributed by atoms with E-state index in [-0.39, 0.29) is 0 Å². The van der Waals surface area contributed by atoms with Crippen molar-refractivity contribution >= 4 is 0 Å². The number of hydrogen-bond acceptors (Lipinski definition) is 3. The van der Waals surface area contributed by atoms with Crippen molar-refractivity contribution in [2.24, 2.45) is 35.5 Å². The van der Waals surface area contributed by atoms with E-state index in [9.17, 15) is 0 Å². The summed E-state index contributed by atoms with van der Waals surface area (Å²) < 4.78 is 19.5. The van der Waals surface area contributed by atoms with Gasteiger partial charge in [0.1, 0.15) is 0 Å². The molecular weight excluding hydrogens is 794 g/mol. The standard InChI is InChI=1S/C61H60FN3/c62-61(58-7-1-4-55(63-58)40-10-13-49-43-19-34-16-35(20-43)26-46(25-34)52(49)31-40,59-8-2-5-56(64-59)41-11-14-50-44-21-36-17-37(22-44)28-47(27-36)53(50)32-41)60-9-3-6-57(65-60)42-12-15-51-45-23-38-18-39(24-45)30-48(29-38)54(51)33-42/h1-15,31-39,43-48H,16-30H2. The van der Waals surface area contributed by atoms with Crippen molar-refractivity contribution in [3.8, 4) is 33.8 Å². The highest BCUT2D eigenvalue weighted by molar-refractivity contribution is 5.67. The predicted molar refractivity (Wildman–Crippen MR) is 257 cm³/mol. The van der Waals surface area contributed by atoms with Crippen LogP contribution in [0.3, 0.4) is 0 Å². The SMILES string of the molecule is FC(c1cccc(-c2ccc3c(c2)C2CC4CC(CC3C4)C2)n1)(c1cccc(-c2ccc3c(c2)C2CC4CC(CC3C4)C2)n1)c1cccc(-c2ccc3c(c2)C2CC4CC(CC3C4)C2)n1. The number of hydrogen-bond donors (Lipinski definition) is 0. The van der Waals surface area contributed by atoms with Gasteiger partial charge >= 0.3 is 0 Å². The summed E-state index contributed by atoms with van der Waals surface area (Å²) in [7, 11) is 0. The average Bonchev–Trinajstić information content (AvgIpc) is 3.71. The first-order valence-corrected chi connectivity index (χ1v) is 26.0. The summed E-state index contributed by atoms with van der Waals surface area (Å²) in [6, 6.07) is 39.2. The van der Waals surface area contributed by atoms with Crippen LogP contribution >= 0.6 is 0 Å². The second kappa shape index (κ2) is 14.3. The predicted octanol–water partition coefficient (Wildman–Crippen LogP) is 15.3. The highest BCUT2D eigenvalue weighted by atomic mass is 19.1. The third-order valence-electron chi connectivity index (χ3n) is 19.5. The summed E-state index contributed by atoms with van der Waals surface area (Å²) in [4.78, 5) is 16.0. The van der Waals surface area contributed by atoms with E-state index in [0.717, 1.165) is 69.3 Å². The molecule has 0 radical (unpaired) electrons. The van der Waals surface area contributed by atoms with Crippen molar-refractivity contribution in [2.45, 2.75) is 137 Å². The maximum atomic E-state index is 19.5. The van der Waals surface area contributed by atoms with Crippen LogP contribution in [-0.4, -0.2) is 15.0 Å². The van der Waals surface area contributed by atoms with E-state index in [1.807, 2.05) is 36.4 Å². The third kappa shape index (κ3) is 6.06. The fourth-order valence-electron chi connectivity index (χ4n) is 17.2.